The van der Waals surface area contributed by atoms with Crippen LogP contribution in [-0.2, 0) is 29.2 Å². The quantitative estimate of drug-likeness (QED) is 0.137. The molecule has 210 valence electrons. The maximum atomic E-state index is 13.2. The number of anilines is 1. The van der Waals surface area contributed by atoms with Crippen LogP contribution in [0.5, 0.6) is 0 Å². The Morgan fingerprint density at radius 3 is 2.46 bits per heavy atom. The standard InChI is InChI=1S/C21H24N4O12P2/c22-15-4-2-1-3-14(15)12-5-7-23-13(9-12)10-25-17(26)6-8-24(21(25)29)20-19(28)18(27)16(36-20)11-35-39(33,34)37-38(30,31)32/h1-9,16,18-20,27-28H,10-11,22H2,(H,33,34)(H2,30,31,32)/t16-,18?,19?,20-/m1/s1. The van der Waals surface area contributed by atoms with Crippen molar-refractivity contribution in [3.05, 3.63) is 81.4 Å². The van der Waals surface area contributed by atoms with E-state index in [0.717, 1.165) is 27.0 Å². The zero-order valence-electron chi connectivity index (χ0n) is 19.8. The molecule has 0 saturated carbocycles. The van der Waals surface area contributed by atoms with Crippen LogP contribution in [-0.4, -0.2) is 63.9 Å². The molecule has 0 aliphatic carbocycles. The van der Waals surface area contributed by atoms with Gasteiger partial charge in [-0.3, -0.25) is 23.4 Å². The molecular weight excluding hydrogens is 562 g/mol. The van der Waals surface area contributed by atoms with Gasteiger partial charge in [-0.05, 0) is 23.8 Å². The summed E-state index contributed by atoms with van der Waals surface area (Å²) >= 11 is 0. The summed E-state index contributed by atoms with van der Waals surface area (Å²) in [6, 6.07) is 11.5. The Kier molecular flexibility index (Phi) is 8.35. The van der Waals surface area contributed by atoms with E-state index < -0.39 is 58.0 Å². The minimum Gasteiger partial charge on any atom is -0.398 e. The number of hydrogen-bond donors (Lipinski definition) is 6. The molecule has 4 rings (SSSR count). The van der Waals surface area contributed by atoms with Crippen molar-refractivity contribution in [2.24, 2.45) is 0 Å². The van der Waals surface area contributed by atoms with Crippen LogP contribution in [0.4, 0.5) is 5.69 Å². The average molecular weight is 586 g/mol. The van der Waals surface area contributed by atoms with E-state index in [2.05, 4.69) is 13.8 Å². The highest BCUT2D eigenvalue weighted by atomic mass is 31.3. The number of pyridine rings is 1. The summed E-state index contributed by atoms with van der Waals surface area (Å²) in [4.78, 5) is 56.7. The third-order valence-electron chi connectivity index (χ3n) is 5.73. The first-order valence-corrected chi connectivity index (χ1v) is 14.2. The number of aromatic nitrogens is 3. The van der Waals surface area contributed by atoms with Gasteiger partial charge in [-0.1, -0.05) is 18.2 Å². The van der Waals surface area contributed by atoms with Gasteiger partial charge in [0.1, 0.15) is 18.3 Å². The van der Waals surface area contributed by atoms with Crippen LogP contribution in [0, 0.1) is 0 Å². The molecular formula is C21H24N4O12P2. The first-order chi connectivity index (χ1) is 18.3. The summed E-state index contributed by atoms with van der Waals surface area (Å²) in [5.74, 6) is 0. The van der Waals surface area contributed by atoms with Crippen molar-refractivity contribution >= 4 is 21.3 Å². The summed E-state index contributed by atoms with van der Waals surface area (Å²) < 4.78 is 37.7. The van der Waals surface area contributed by atoms with E-state index in [-0.39, 0.29) is 6.54 Å². The van der Waals surface area contributed by atoms with E-state index in [1.807, 2.05) is 0 Å². The minimum atomic E-state index is -5.38. The third-order valence-corrected chi connectivity index (χ3v) is 7.88. The van der Waals surface area contributed by atoms with E-state index in [9.17, 15) is 33.8 Å². The number of hydrogen-bond acceptors (Lipinski definition) is 11. The van der Waals surface area contributed by atoms with Gasteiger partial charge >= 0.3 is 21.3 Å². The lowest BCUT2D eigenvalue weighted by molar-refractivity contribution is -0.0547. The normalized spacial score (nSPS) is 23.0. The Hall–Kier alpha value is -3.01. The van der Waals surface area contributed by atoms with Crippen molar-refractivity contribution in [1.82, 2.24) is 14.1 Å². The molecule has 3 aromatic rings. The van der Waals surface area contributed by atoms with Gasteiger partial charge in [0.05, 0.1) is 18.8 Å². The lowest BCUT2D eigenvalue weighted by Crippen LogP contribution is -2.43. The first kappa shape index (κ1) is 29.0. The van der Waals surface area contributed by atoms with Crippen LogP contribution < -0.4 is 17.0 Å². The molecule has 1 aliphatic heterocycles. The van der Waals surface area contributed by atoms with Gasteiger partial charge in [0.2, 0.25) is 0 Å². The number of nitrogen functional groups attached to an aromatic ring is 1. The van der Waals surface area contributed by atoms with E-state index in [4.69, 9.17) is 20.3 Å². The van der Waals surface area contributed by atoms with Crippen molar-refractivity contribution in [2.45, 2.75) is 31.1 Å². The van der Waals surface area contributed by atoms with E-state index in [1.54, 1.807) is 36.4 Å². The predicted molar refractivity (Wildman–Crippen MR) is 133 cm³/mol. The topological polar surface area (TPSA) is 246 Å². The lowest BCUT2D eigenvalue weighted by Gasteiger charge is -2.19. The van der Waals surface area contributed by atoms with Crippen LogP contribution in [0.2, 0.25) is 0 Å². The highest BCUT2D eigenvalue weighted by Crippen LogP contribution is 2.57. The van der Waals surface area contributed by atoms with Gasteiger partial charge in [0.25, 0.3) is 5.56 Å². The molecule has 5 atom stereocenters. The maximum absolute atomic E-state index is 13.2. The van der Waals surface area contributed by atoms with E-state index >= 15 is 0 Å². The predicted octanol–water partition coefficient (Wildman–Crippen LogP) is -0.452. The van der Waals surface area contributed by atoms with Gasteiger partial charge in [0.15, 0.2) is 6.23 Å². The number of phosphoric ester groups is 1. The molecule has 39 heavy (non-hydrogen) atoms. The summed E-state index contributed by atoms with van der Waals surface area (Å²) in [5.41, 5.74) is 6.70. The molecule has 3 heterocycles. The van der Waals surface area contributed by atoms with Crippen LogP contribution in [0.25, 0.3) is 11.1 Å². The molecule has 0 spiro atoms. The Morgan fingerprint density at radius 2 is 1.77 bits per heavy atom. The van der Waals surface area contributed by atoms with Crippen molar-refractivity contribution in [2.75, 3.05) is 12.3 Å². The number of aliphatic hydroxyl groups excluding tert-OH is 2. The van der Waals surface area contributed by atoms with Crippen LogP contribution in [0.3, 0.4) is 0 Å². The number of para-hydroxylation sites is 1. The monoisotopic (exact) mass is 586 g/mol. The molecule has 18 heteroatoms. The first-order valence-electron chi connectivity index (χ1n) is 11.1. The molecule has 1 aliphatic rings. The highest BCUT2D eigenvalue weighted by Gasteiger charge is 2.46. The van der Waals surface area contributed by atoms with Crippen molar-refractivity contribution in [3.8, 4) is 11.1 Å². The molecule has 0 amide bonds. The summed E-state index contributed by atoms with van der Waals surface area (Å²) in [7, 11) is -10.6. The number of nitrogens with two attached hydrogens (primary N) is 1. The highest BCUT2D eigenvalue weighted by molar-refractivity contribution is 7.60. The summed E-state index contributed by atoms with van der Waals surface area (Å²) in [6.45, 7) is -1.21. The smallest absolute Gasteiger partial charge is 0.398 e. The molecule has 1 aromatic carbocycles. The van der Waals surface area contributed by atoms with Gasteiger partial charge in [-0.15, -0.1) is 0 Å². The van der Waals surface area contributed by atoms with Gasteiger partial charge in [0, 0.05) is 29.7 Å². The fourth-order valence-corrected chi connectivity index (χ4v) is 5.55. The number of ether oxygens (including phenoxy) is 1. The minimum absolute atomic E-state index is 0.260. The number of aliphatic hydroxyl groups is 2. The number of benzene rings is 1. The van der Waals surface area contributed by atoms with Crippen molar-refractivity contribution in [3.63, 3.8) is 0 Å². The van der Waals surface area contributed by atoms with Gasteiger partial charge in [-0.25, -0.2) is 13.9 Å². The molecule has 16 nitrogen and oxygen atoms in total. The van der Waals surface area contributed by atoms with Gasteiger partial charge < -0.3 is 35.4 Å². The Morgan fingerprint density at radius 1 is 1.05 bits per heavy atom. The lowest BCUT2D eigenvalue weighted by atomic mass is 10.0. The Balaban J connectivity index is 1.56. The van der Waals surface area contributed by atoms with Crippen LogP contribution in [0.15, 0.2) is 64.4 Å². The zero-order valence-corrected chi connectivity index (χ0v) is 21.6. The Labute approximate surface area is 219 Å². The second kappa shape index (κ2) is 11.2. The number of phosphoric acid groups is 2. The van der Waals surface area contributed by atoms with Crippen LogP contribution in [0.1, 0.15) is 11.9 Å². The molecule has 1 fully saturated rings. The second-order valence-electron chi connectivity index (χ2n) is 8.44. The fraction of sp³-hybridized carbons (Fsp3) is 0.286. The van der Waals surface area contributed by atoms with E-state index in [0.29, 0.717) is 16.9 Å². The summed E-state index contributed by atoms with van der Waals surface area (Å²) in [5, 5.41) is 20.8. The summed E-state index contributed by atoms with van der Waals surface area (Å²) in [6.07, 6.45) is -4.07. The Bertz CT molecular complexity index is 1570. The molecule has 0 radical (unpaired) electrons. The average Bonchev–Trinajstić information content (AvgIpc) is 3.13. The number of rotatable bonds is 9. The SMILES string of the molecule is Nc1ccccc1-c1ccnc(Cn2c(=O)ccn([C@@H]3O[C@H](COP(=O)(O)OP(=O)(O)O)C(O)C3O)c2=O)c1. The largest absolute Gasteiger partial charge is 0.481 e. The van der Waals surface area contributed by atoms with Crippen molar-refractivity contribution < 1.29 is 47.6 Å². The van der Waals surface area contributed by atoms with Crippen LogP contribution >= 0.6 is 15.6 Å². The molecule has 7 N–H and O–H groups in total. The number of nitrogens with zero attached hydrogens (tertiary/aromatic N) is 3. The maximum Gasteiger partial charge on any atom is 0.481 e. The fourth-order valence-electron chi connectivity index (χ4n) is 3.95. The molecule has 1 saturated heterocycles. The molecule has 3 unspecified atom stereocenters. The van der Waals surface area contributed by atoms with Gasteiger partial charge in [-0.2, -0.15) is 4.31 Å². The van der Waals surface area contributed by atoms with E-state index in [1.165, 1.54) is 6.20 Å². The second-order valence-corrected chi connectivity index (χ2v) is 11.3. The van der Waals surface area contributed by atoms with Crippen molar-refractivity contribution in [1.29, 1.82) is 0 Å². The third kappa shape index (κ3) is 6.77. The molecule has 2 aromatic heterocycles. The zero-order chi connectivity index (χ0) is 28.5. The molecule has 0 bridgehead atoms.